The number of amides is 1. The van der Waals surface area contributed by atoms with Crippen molar-refractivity contribution in [2.75, 3.05) is 26.2 Å². The molecule has 0 aromatic rings. The molecule has 4 aliphatic heterocycles. The Hall–Kier alpha value is -1.42. The lowest BCUT2D eigenvalue weighted by Crippen LogP contribution is -2.56. The normalized spacial score (nSPS) is 41.6. The molecule has 4 aliphatic rings. The van der Waals surface area contributed by atoms with E-state index in [0.717, 1.165) is 38.3 Å². The first-order valence-corrected chi connectivity index (χ1v) is 9.18. The van der Waals surface area contributed by atoms with Gasteiger partial charge >= 0.3 is 5.96 Å². The summed E-state index contributed by atoms with van der Waals surface area (Å²) in [4.78, 5) is 14.2. The van der Waals surface area contributed by atoms with Gasteiger partial charge in [0.15, 0.2) is 6.04 Å². The SMILES string of the molecule is O=C1NCC[C@@H]2[C@@H]1NC(=[N+]1CCCCC1)N2[C@H]1O[C@@H](CO)[C@@H](O)[C@H]1O. The van der Waals surface area contributed by atoms with Gasteiger partial charge in [-0.2, -0.15) is 0 Å². The van der Waals surface area contributed by atoms with E-state index in [1.54, 1.807) is 0 Å². The second-order valence-electron chi connectivity index (χ2n) is 7.28. The van der Waals surface area contributed by atoms with Crippen molar-refractivity contribution in [2.24, 2.45) is 0 Å². The van der Waals surface area contributed by atoms with Crippen molar-refractivity contribution in [1.29, 1.82) is 0 Å². The van der Waals surface area contributed by atoms with Gasteiger partial charge in [0.1, 0.15) is 24.4 Å². The van der Waals surface area contributed by atoms with Crippen molar-refractivity contribution in [1.82, 2.24) is 15.5 Å². The second-order valence-corrected chi connectivity index (χ2v) is 7.28. The summed E-state index contributed by atoms with van der Waals surface area (Å²) >= 11 is 0. The molecule has 9 heteroatoms. The highest BCUT2D eigenvalue weighted by Gasteiger charge is 2.59. The number of nitrogens with one attached hydrogen (secondary N) is 2. The number of piperidine rings is 2. The first kappa shape index (κ1) is 17.0. The van der Waals surface area contributed by atoms with Gasteiger partial charge in [0.2, 0.25) is 6.23 Å². The summed E-state index contributed by atoms with van der Waals surface area (Å²) in [7, 11) is 0. The number of rotatable bonds is 2. The Morgan fingerprint density at radius 2 is 1.96 bits per heavy atom. The van der Waals surface area contributed by atoms with Crippen LogP contribution in [0.15, 0.2) is 0 Å². The molecule has 5 N–H and O–H groups in total. The Morgan fingerprint density at radius 1 is 1.20 bits per heavy atom. The smallest absolute Gasteiger partial charge is 0.351 e. The van der Waals surface area contributed by atoms with Gasteiger partial charge in [0.05, 0.1) is 19.7 Å². The molecule has 0 aliphatic carbocycles. The summed E-state index contributed by atoms with van der Waals surface area (Å²) in [5.41, 5.74) is 0. The molecular weight excluding hydrogens is 328 g/mol. The minimum atomic E-state index is -1.14. The molecule has 25 heavy (non-hydrogen) atoms. The van der Waals surface area contributed by atoms with Crippen LogP contribution in [0.2, 0.25) is 0 Å². The number of nitrogens with zero attached hydrogens (tertiary/aromatic N) is 2. The van der Waals surface area contributed by atoms with Gasteiger partial charge in [0.25, 0.3) is 5.91 Å². The lowest BCUT2D eigenvalue weighted by molar-refractivity contribution is -0.544. The molecular formula is C16H27N4O5+. The van der Waals surface area contributed by atoms with Gasteiger partial charge in [-0.15, -0.1) is 0 Å². The molecule has 1 amide bonds. The van der Waals surface area contributed by atoms with Crippen LogP contribution in [-0.2, 0) is 9.53 Å². The standard InChI is InChI=1S/C16H26N4O5/c21-8-10-12(22)13(23)15(25-10)20-9-4-5-17-14(24)11(9)18-16(20)19-6-2-1-3-7-19/h9-13,15,21-23H,1-8H2,(H,17,24)/p+1/t9-,10+,11+,12-,13-,15+/m1/s1. The molecule has 9 nitrogen and oxygen atoms in total. The van der Waals surface area contributed by atoms with Crippen molar-refractivity contribution < 1.29 is 29.4 Å². The molecule has 0 radical (unpaired) electrons. The Kier molecular flexibility index (Phi) is 4.57. The number of ether oxygens (including phenoxy) is 1. The zero-order valence-corrected chi connectivity index (χ0v) is 14.2. The summed E-state index contributed by atoms with van der Waals surface area (Å²) in [6, 6.07) is -0.540. The van der Waals surface area contributed by atoms with Gasteiger partial charge < -0.3 is 25.4 Å². The zero-order valence-electron chi connectivity index (χ0n) is 14.2. The predicted octanol–water partition coefficient (Wildman–Crippen LogP) is -2.86. The molecule has 0 spiro atoms. The minimum Gasteiger partial charge on any atom is -0.394 e. The maximum absolute atomic E-state index is 12.3. The van der Waals surface area contributed by atoms with E-state index in [9.17, 15) is 20.1 Å². The fourth-order valence-corrected chi connectivity index (χ4v) is 4.41. The minimum absolute atomic E-state index is 0.0556. The Labute approximate surface area is 146 Å². The van der Waals surface area contributed by atoms with Crippen LogP contribution in [0.1, 0.15) is 25.7 Å². The van der Waals surface area contributed by atoms with E-state index in [0.29, 0.717) is 6.54 Å². The molecule has 4 heterocycles. The summed E-state index contributed by atoms with van der Waals surface area (Å²) in [5.74, 6) is 0.738. The molecule has 4 fully saturated rings. The highest BCUT2D eigenvalue weighted by Crippen LogP contribution is 2.31. The zero-order chi connectivity index (χ0) is 17.6. The lowest BCUT2D eigenvalue weighted by Gasteiger charge is -2.31. The van der Waals surface area contributed by atoms with E-state index in [1.807, 2.05) is 4.90 Å². The largest absolute Gasteiger partial charge is 0.394 e. The Bertz CT molecular complexity index is 563. The highest BCUT2D eigenvalue weighted by atomic mass is 16.6. The monoisotopic (exact) mass is 355 g/mol. The number of hydrogen-bond donors (Lipinski definition) is 5. The molecule has 6 atom stereocenters. The van der Waals surface area contributed by atoms with E-state index in [2.05, 4.69) is 15.2 Å². The van der Waals surface area contributed by atoms with Crippen molar-refractivity contribution in [2.45, 2.75) is 62.3 Å². The van der Waals surface area contributed by atoms with Crippen LogP contribution in [0.25, 0.3) is 0 Å². The van der Waals surface area contributed by atoms with Crippen LogP contribution in [0, 0.1) is 0 Å². The maximum Gasteiger partial charge on any atom is 0.351 e. The fraction of sp³-hybridized carbons (Fsp3) is 0.875. The lowest BCUT2D eigenvalue weighted by atomic mass is 10.00. The number of guanidine groups is 1. The third-order valence-electron chi connectivity index (χ3n) is 5.74. The average Bonchev–Trinajstić information content (AvgIpc) is 3.15. The van der Waals surface area contributed by atoms with Gasteiger partial charge in [-0.05, 0) is 19.3 Å². The van der Waals surface area contributed by atoms with Gasteiger partial charge in [0, 0.05) is 13.0 Å². The van der Waals surface area contributed by atoms with E-state index in [-0.39, 0.29) is 18.6 Å². The van der Waals surface area contributed by atoms with Gasteiger partial charge in [-0.25, -0.2) is 4.90 Å². The highest BCUT2D eigenvalue weighted by molar-refractivity contribution is 5.92. The van der Waals surface area contributed by atoms with Crippen LogP contribution >= 0.6 is 0 Å². The van der Waals surface area contributed by atoms with Crippen LogP contribution in [0.3, 0.4) is 0 Å². The Balaban J connectivity index is 1.69. The van der Waals surface area contributed by atoms with E-state index in [4.69, 9.17) is 4.74 Å². The Morgan fingerprint density at radius 3 is 2.64 bits per heavy atom. The molecule has 4 rings (SSSR count). The fourth-order valence-electron chi connectivity index (χ4n) is 4.41. The first-order chi connectivity index (χ1) is 12.1. The summed E-state index contributed by atoms with van der Waals surface area (Å²) in [6.07, 6.45) is 0.193. The van der Waals surface area contributed by atoms with Gasteiger partial charge in [-0.1, -0.05) is 0 Å². The van der Waals surface area contributed by atoms with Crippen LogP contribution < -0.4 is 10.6 Å². The van der Waals surface area contributed by atoms with Crippen molar-refractivity contribution in [3.8, 4) is 0 Å². The molecule has 0 unspecified atom stereocenters. The maximum atomic E-state index is 12.3. The molecule has 4 saturated heterocycles. The number of carbonyl (C=O) groups is 1. The van der Waals surface area contributed by atoms with Crippen molar-refractivity contribution in [3.63, 3.8) is 0 Å². The topological polar surface area (TPSA) is 117 Å². The third-order valence-corrected chi connectivity index (χ3v) is 5.74. The molecule has 0 aromatic carbocycles. The average molecular weight is 355 g/mol. The molecule has 0 aromatic heterocycles. The van der Waals surface area contributed by atoms with E-state index >= 15 is 0 Å². The summed E-state index contributed by atoms with van der Waals surface area (Å²) in [6.45, 7) is 1.98. The van der Waals surface area contributed by atoms with Crippen molar-refractivity contribution >= 4 is 11.9 Å². The molecule has 140 valence electrons. The van der Waals surface area contributed by atoms with Crippen LogP contribution in [0.5, 0.6) is 0 Å². The van der Waals surface area contributed by atoms with Crippen LogP contribution in [0.4, 0.5) is 0 Å². The van der Waals surface area contributed by atoms with Crippen LogP contribution in [-0.4, -0.2) is 99.5 Å². The third kappa shape index (κ3) is 2.79. The number of hydrogen-bond acceptors (Lipinski definition) is 5. The van der Waals surface area contributed by atoms with E-state index in [1.165, 1.54) is 6.42 Å². The number of aliphatic hydroxyl groups excluding tert-OH is 3. The first-order valence-electron chi connectivity index (χ1n) is 9.18. The molecule has 0 bridgehead atoms. The summed E-state index contributed by atoms with van der Waals surface area (Å²) < 4.78 is 7.98. The summed E-state index contributed by atoms with van der Waals surface area (Å²) in [5, 5.41) is 36.2. The number of carbonyl (C=O) groups excluding carboxylic acids is 1. The van der Waals surface area contributed by atoms with Gasteiger partial charge in [-0.3, -0.25) is 14.7 Å². The van der Waals surface area contributed by atoms with E-state index < -0.39 is 30.6 Å². The van der Waals surface area contributed by atoms with Crippen molar-refractivity contribution in [3.05, 3.63) is 0 Å². The number of fused-ring (bicyclic) bond motifs is 1. The predicted molar refractivity (Wildman–Crippen MR) is 86.8 cm³/mol. The number of aliphatic hydroxyl groups is 3. The quantitative estimate of drug-likeness (QED) is 0.338. The second kappa shape index (κ2) is 6.71. The molecule has 0 saturated carbocycles.